The summed E-state index contributed by atoms with van der Waals surface area (Å²) in [5.74, 6) is 0.504. The number of ketones is 1. The average Bonchev–Trinajstić information content (AvgIpc) is 3.10. The maximum Gasteiger partial charge on any atom is 0.262 e. The van der Waals surface area contributed by atoms with Gasteiger partial charge in [-0.1, -0.05) is 30.3 Å². The highest BCUT2D eigenvalue weighted by Gasteiger charge is 2.11. The second-order valence-corrected chi connectivity index (χ2v) is 6.58. The zero-order valence-electron chi connectivity index (χ0n) is 17.1. The van der Waals surface area contributed by atoms with Crippen molar-refractivity contribution in [1.29, 1.82) is 0 Å². The van der Waals surface area contributed by atoms with Gasteiger partial charge in [0, 0.05) is 18.4 Å². The summed E-state index contributed by atoms with van der Waals surface area (Å²) < 4.78 is 12.6. The summed E-state index contributed by atoms with van der Waals surface area (Å²) in [5.41, 5.74) is 2.83. The van der Waals surface area contributed by atoms with Crippen LogP contribution in [0.15, 0.2) is 60.8 Å². The molecule has 1 amide bonds. The highest BCUT2D eigenvalue weighted by atomic mass is 16.5. The fraction of sp³-hybridized carbons (Fsp3) is 0.174. The number of nitrogens with one attached hydrogen (secondary N) is 1. The molecule has 30 heavy (non-hydrogen) atoms. The molecule has 0 radical (unpaired) electrons. The molecule has 154 valence electrons. The van der Waals surface area contributed by atoms with Crippen molar-refractivity contribution in [2.24, 2.45) is 7.05 Å². The van der Waals surface area contributed by atoms with E-state index in [9.17, 15) is 9.59 Å². The lowest BCUT2D eigenvalue weighted by Gasteiger charge is -2.11. The first kappa shape index (κ1) is 20.9. The highest BCUT2D eigenvalue weighted by molar-refractivity contribution is 6.07. The van der Waals surface area contributed by atoms with Crippen LogP contribution in [0.25, 0.3) is 6.08 Å². The molecule has 0 spiro atoms. The number of rotatable bonds is 8. The Hall–Kier alpha value is -3.87. The fourth-order valence-corrected chi connectivity index (χ4v) is 2.77. The molecule has 1 aromatic heterocycles. The maximum absolute atomic E-state index is 12.4. The van der Waals surface area contributed by atoms with Crippen molar-refractivity contribution in [2.45, 2.75) is 6.92 Å². The maximum atomic E-state index is 12.4. The van der Waals surface area contributed by atoms with Gasteiger partial charge in [0.1, 0.15) is 0 Å². The summed E-state index contributed by atoms with van der Waals surface area (Å²) in [4.78, 5) is 24.4. The zero-order chi connectivity index (χ0) is 21.5. The molecule has 0 atom stereocenters. The first-order chi connectivity index (χ1) is 14.5. The molecule has 2 aromatic carbocycles. The number of anilines is 1. The molecule has 0 aliphatic rings. The SMILES string of the molecule is COc1cc(/C=C/C(=O)c2cnn(C)c2C)ccc1OCC(=O)Nc1ccccc1. The Balaban J connectivity index is 1.63. The molecule has 7 nitrogen and oxygen atoms in total. The predicted octanol–water partition coefficient (Wildman–Crippen LogP) is 3.65. The van der Waals surface area contributed by atoms with Crippen LogP contribution in [0, 0.1) is 6.92 Å². The van der Waals surface area contributed by atoms with Gasteiger partial charge in [-0.25, -0.2) is 0 Å². The number of allylic oxidation sites excluding steroid dienone is 1. The molecule has 0 aliphatic carbocycles. The third-order valence-electron chi connectivity index (χ3n) is 4.53. The van der Waals surface area contributed by atoms with Crippen LogP contribution in [0.4, 0.5) is 5.69 Å². The number of amides is 1. The van der Waals surface area contributed by atoms with Crippen LogP contribution in [-0.4, -0.2) is 35.2 Å². The van der Waals surface area contributed by atoms with Crippen molar-refractivity contribution >= 4 is 23.5 Å². The molecule has 0 fully saturated rings. The first-order valence-electron chi connectivity index (χ1n) is 9.34. The van der Waals surface area contributed by atoms with Crippen LogP contribution >= 0.6 is 0 Å². The molecule has 0 saturated heterocycles. The Labute approximate surface area is 174 Å². The second-order valence-electron chi connectivity index (χ2n) is 6.58. The molecule has 1 heterocycles. The van der Waals surface area contributed by atoms with Crippen LogP contribution in [0.1, 0.15) is 21.6 Å². The molecular weight excluding hydrogens is 382 g/mol. The molecule has 0 unspecified atom stereocenters. The number of hydrogen-bond donors (Lipinski definition) is 1. The minimum absolute atomic E-state index is 0.127. The highest BCUT2D eigenvalue weighted by Crippen LogP contribution is 2.28. The summed E-state index contributed by atoms with van der Waals surface area (Å²) in [5, 5.41) is 6.84. The van der Waals surface area contributed by atoms with Crippen molar-refractivity contribution in [1.82, 2.24) is 9.78 Å². The normalized spacial score (nSPS) is 10.8. The Morgan fingerprint density at radius 2 is 1.90 bits per heavy atom. The van der Waals surface area contributed by atoms with Gasteiger partial charge in [-0.05, 0) is 42.8 Å². The Bertz CT molecular complexity index is 1070. The van der Waals surface area contributed by atoms with Crippen molar-refractivity contribution < 1.29 is 19.1 Å². The third-order valence-corrected chi connectivity index (χ3v) is 4.53. The minimum atomic E-state index is -0.273. The lowest BCUT2D eigenvalue weighted by molar-refractivity contribution is -0.118. The molecule has 7 heteroatoms. The van der Waals surface area contributed by atoms with E-state index in [0.29, 0.717) is 22.7 Å². The van der Waals surface area contributed by atoms with Gasteiger partial charge < -0.3 is 14.8 Å². The first-order valence-corrected chi connectivity index (χ1v) is 9.34. The van der Waals surface area contributed by atoms with Crippen LogP contribution in [-0.2, 0) is 11.8 Å². The van der Waals surface area contributed by atoms with Gasteiger partial charge in [0.15, 0.2) is 23.9 Å². The summed E-state index contributed by atoms with van der Waals surface area (Å²) in [6, 6.07) is 14.4. The van der Waals surface area contributed by atoms with Gasteiger partial charge in [0.25, 0.3) is 5.91 Å². The van der Waals surface area contributed by atoms with Gasteiger partial charge >= 0.3 is 0 Å². The summed E-state index contributed by atoms with van der Waals surface area (Å²) >= 11 is 0. The quantitative estimate of drug-likeness (QED) is 0.457. The van der Waals surface area contributed by atoms with E-state index in [-0.39, 0.29) is 18.3 Å². The van der Waals surface area contributed by atoms with Crippen LogP contribution in [0.5, 0.6) is 11.5 Å². The molecule has 3 aromatic rings. The summed E-state index contributed by atoms with van der Waals surface area (Å²) in [7, 11) is 3.31. The molecule has 0 bridgehead atoms. The molecule has 1 N–H and O–H groups in total. The Morgan fingerprint density at radius 3 is 2.57 bits per heavy atom. The number of hydrogen-bond acceptors (Lipinski definition) is 5. The topological polar surface area (TPSA) is 82.4 Å². The third kappa shape index (κ3) is 5.14. The number of aryl methyl sites for hydroxylation is 1. The number of ether oxygens (including phenoxy) is 2. The number of benzene rings is 2. The van der Waals surface area contributed by atoms with Gasteiger partial charge in [-0.3, -0.25) is 14.3 Å². The molecule has 3 rings (SSSR count). The van der Waals surface area contributed by atoms with E-state index in [1.165, 1.54) is 13.2 Å². The smallest absolute Gasteiger partial charge is 0.262 e. The van der Waals surface area contributed by atoms with Crippen LogP contribution in [0.3, 0.4) is 0 Å². The van der Waals surface area contributed by atoms with Crippen molar-refractivity contribution in [3.05, 3.63) is 77.6 Å². The predicted molar refractivity (Wildman–Crippen MR) is 115 cm³/mol. The van der Waals surface area contributed by atoms with Gasteiger partial charge in [-0.2, -0.15) is 5.10 Å². The minimum Gasteiger partial charge on any atom is -0.493 e. The standard InChI is InChI=1S/C23H23N3O4/c1-16-19(14-24-26(16)2)20(27)11-9-17-10-12-21(22(13-17)29-3)30-15-23(28)25-18-7-5-4-6-8-18/h4-14H,15H2,1-3H3,(H,25,28)/b11-9+. The van der Waals surface area contributed by atoms with E-state index in [0.717, 1.165) is 11.3 Å². The molecule has 0 aliphatic heterocycles. The van der Waals surface area contributed by atoms with Crippen molar-refractivity contribution in [3.8, 4) is 11.5 Å². The molecule has 0 saturated carbocycles. The van der Waals surface area contributed by atoms with E-state index in [1.807, 2.05) is 25.1 Å². The zero-order valence-corrected chi connectivity index (χ0v) is 17.1. The van der Waals surface area contributed by atoms with Gasteiger partial charge in [-0.15, -0.1) is 0 Å². The summed E-state index contributed by atoms with van der Waals surface area (Å²) in [6.07, 6.45) is 4.75. The largest absolute Gasteiger partial charge is 0.493 e. The van der Waals surface area contributed by atoms with Gasteiger partial charge in [0.05, 0.1) is 18.9 Å². The van der Waals surface area contributed by atoms with Crippen LogP contribution < -0.4 is 14.8 Å². The number of para-hydroxylation sites is 1. The lowest BCUT2D eigenvalue weighted by atomic mass is 10.1. The average molecular weight is 405 g/mol. The summed E-state index contributed by atoms with van der Waals surface area (Å²) in [6.45, 7) is 1.69. The number of methoxy groups -OCH3 is 1. The van der Waals surface area contributed by atoms with E-state index in [2.05, 4.69) is 10.4 Å². The van der Waals surface area contributed by atoms with Gasteiger partial charge in [0.2, 0.25) is 0 Å². The second kappa shape index (κ2) is 9.56. The monoisotopic (exact) mass is 405 g/mol. The van der Waals surface area contributed by atoms with Crippen molar-refractivity contribution in [3.63, 3.8) is 0 Å². The van der Waals surface area contributed by atoms with Crippen molar-refractivity contribution in [2.75, 3.05) is 19.0 Å². The number of carbonyl (C=O) groups is 2. The number of carbonyl (C=O) groups excluding carboxylic acids is 2. The molecular formula is C23H23N3O4. The van der Waals surface area contributed by atoms with E-state index in [1.54, 1.807) is 54.3 Å². The van der Waals surface area contributed by atoms with E-state index < -0.39 is 0 Å². The number of nitrogens with zero attached hydrogens (tertiary/aromatic N) is 2. The fourth-order valence-electron chi connectivity index (χ4n) is 2.77. The Kier molecular flexibility index (Phi) is 6.64. The lowest BCUT2D eigenvalue weighted by Crippen LogP contribution is -2.20. The van der Waals surface area contributed by atoms with Crippen LogP contribution in [0.2, 0.25) is 0 Å². The Morgan fingerprint density at radius 1 is 1.13 bits per heavy atom. The number of aromatic nitrogens is 2. The van der Waals surface area contributed by atoms with E-state index >= 15 is 0 Å². The van der Waals surface area contributed by atoms with E-state index in [4.69, 9.17) is 9.47 Å².